The summed E-state index contributed by atoms with van der Waals surface area (Å²) in [5.41, 5.74) is 1.91. The van der Waals surface area contributed by atoms with Crippen molar-refractivity contribution < 1.29 is 14.3 Å². The molecule has 0 saturated carbocycles. The Morgan fingerprint density at radius 2 is 1.90 bits per heavy atom. The molecule has 148 valence electrons. The Hall–Kier alpha value is -3.32. The molecule has 1 aromatic heterocycles. The van der Waals surface area contributed by atoms with E-state index in [1.165, 1.54) is 6.07 Å². The van der Waals surface area contributed by atoms with E-state index in [0.717, 1.165) is 15.8 Å². The van der Waals surface area contributed by atoms with E-state index in [4.69, 9.17) is 21.1 Å². The lowest BCUT2D eigenvalue weighted by Gasteiger charge is -2.20. The second-order valence-corrected chi connectivity index (χ2v) is 6.87. The van der Waals surface area contributed by atoms with Crippen LogP contribution in [0.1, 0.15) is 5.56 Å². The number of fused-ring (bicyclic) bond motifs is 1. The third-order valence-corrected chi connectivity index (χ3v) is 4.66. The fraction of sp³-hybridized carbons (Fsp3) is 0.190. The Labute approximate surface area is 171 Å². The predicted molar refractivity (Wildman–Crippen MR) is 108 cm³/mol. The number of carbonyl (C=O) groups is 1. The van der Waals surface area contributed by atoms with Gasteiger partial charge in [0.15, 0.2) is 11.5 Å². The molecule has 1 amide bonds. The maximum absolute atomic E-state index is 12.4. The molecule has 4 rings (SSSR count). The van der Waals surface area contributed by atoms with Gasteiger partial charge in [-0.2, -0.15) is 5.10 Å². The minimum Gasteiger partial charge on any atom is -0.486 e. The lowest BCUT2D eigenvalue weighted by atomic mass is 10.1. The first-order valence-electron chi connectivity index (χ1n) is 9.08. The van der Waals surface area contributed by atoms with Crippen molar-refractivity contribution in [3.05, 3.63) is 75.5 Å². The number of aromatic nitrogens is 2. The molecular weight excluding hydrogens is 394 g/mol. The first-order chi connectivity index (χ1) is 14.1. The van der Waals surface area contributed by atoms with Crippen LogP contribution in [0.3, 0.4) is 0 Å². The number of hydrogen-bond donors (Lipinski definition) is 1. The summed E-state index contributed by atoms with van der Waals surface area (Å²) in [5, 5.41) is 7.50. The summed E-state index contributed by atoms with van der Waals surface area (Å²) in [6, 6.07) is 16.0. The largest absolute Gasteiger partial charge is 0.486 e. The van der Waals surface area contributed by atoms with Crippen molar-refractivity contribution in [1.29, 1.82) is 0 Å². The van der Waals surface area contributed by atoms with Crippen LogP contribution in [-0.2, 0) is 17.9 Å². The molecule has 1 aliphatic rings. The maximum Gasteiger partial charge on any atom is 0.267 e. The zero-order valence-electron chi connectivity index (χ0n) is 15.4. The van der Waals surface area contributed by atoms with Gasteiger partial charge in [-0.05, 0) is 23.8 Å². The van der Waals surface area contributed by atoms with Gasteiger partial charge >= 0.3 is 0 Å². The van der Waals surface area contributed by atoms with Crippen LogP contribution in [0.4, 0.5) is 0 Å². The summed E-state index contributed by atoms with van der Waals surface area (Å²) < 4.78 is 12.2. The van der Waals surface area contributed by atoms with Gasteiger partial charge in [-0.1, -0.05) is 41.9 Å². The second kappa shape index (κ2) is 8.36. The van der Waals surface area contributed by atoms with E-state index in [1.54, 1.807) is 18.2 Å². The Bertz CT molecular complexity index is 1100. The number of benzene rings is 2. The van der Waals surface area contributed by atoms with E-state index >= 15 is 0 Å². The summed E-state index contributed by atoms with van der Waals surface area (Å²) in [7, 11) is 0. The first-order valence-corrected chi connectivity index (χ1v) is 9.46. The van der Waals surface area contributed by atoms with Crippen LogP contribution < -0.4 is 20.3 Å². The van der Waals surface area contributed by atoms with Crippen molar-refractivity contribution in [2.75, 3.05) is 13.2 Å². The molecule has 29 heavy (non-hydrogen) atoms. The van der Waals surface area contributed by atoms with Crippen LogP contribution in [0.5, 0.6) is 11.5 Å². The Morgan fingerprint density at radius 3 is 2.72 bits per heavy atom. The third-order valence-electron chi connectivity index (χ3n) is 4.38. The van der Waals surface area contributed by atoms with Crippen LogP contribution in [0.25, 0.3) is 11.3 Å². The van der Waals surface area contributed by atoms with E-state index < -0.39 is 0 Å². The average molecular weight is 412 g/mol. The molecule has 0 atom stereocenters. The van der Waals surface area contributed by atoms with Crippen LogP contribution in [0.15, 0.2) is 59.4 Å². The zero-order valence-corrected chi connectivity index (χ0v) is 16.2. The van der Waals surface area contributed by atoms with Crippen molar-refractivity contribution >= 4 is 17.5 Å². The average Bonchev–Trinajstić information content (AvgIpc) is 2.74. The molecule has 3 aromatic rings. The summed E-state index contributed by atoms with van der Waals surface area (Å²) in [5.74, 6) is 0.735. The summed E-state index contributed by atoms with van der Waals surface area (Å²) in [6.07, 6.45) is 0. The number of nitrogens with one attached hydrogen (secondary N) is 1. The van der Waals surface area contributed by atoms with Crippen molar-refractivity contribution in [1.82, 2.24) is 15.1 Å². The molecule has 7 nitrogen and oxygen atoms in total. The van der Waals surface area contributed by atoms with E-state index in [-0.39, 0.29) is 24.6 Å². The number of ether oxygens (including phenoxy) is 2. The normalized spacial score (nSPS) is 12.4. The van der Waals surface area contributed by atoms with Gasteiger partial charge in [-0.25, -0.2) is 4.68 Å². The topological polar surface area (TPSA) is 82.5 Å². The predicted octanol–water partition coefficient (Wildman–Crippen LogP) is 2.65. The second-order valence-electron chi connectivity index (χ2n) is 6.46. The summed E-state index contributed by atoms with van der Waals surface area (Å²) in [6.45, 7) is 0.957. The highest BCUT2D eigenvalue weighted by molar-refractivity contribution is 6.32. The van der Waals surface area contributed by atoms with Crippen molar-refractivity contribution in [3.8, 4) is 22.8 Å². The quantitative estimate of drug-likeness (QED) is 0.698. The van der Waals surface area contributed by atoms with Crippen LogP contribution >= 0.6 is 11.6 Å². The van der Waals surface area contributed by atoms with Gasteiger partial charge in [0.05, 0.1) is 10.7 Å². The van der Waals surface area contributed by atoms with Crippen molar-refractivity contribution in [3.63, 3.8) is 0 Å². The van der Waals surface area contributed by atoms with Gasteiger partial charge in [-0.3, -0.25) is 9.59 Å². The van der Waals surface area contributed by atoms with E-state index in [2.05, 4.69) is 10.4 Å². The number of rotatable bonds is 5. The van der Waals surface area contributed by atoms with Crippen LogP contribution in [0, 0.1) is 0 Å². The zero-order chi connectivity index (χ0) is 20.2. The molecule has 0 bridgehead atoms. The van der Waals surface area contributed by atoms with E-state index in [9.17, 15) is 9.59 Å². The lowest BCUT2D eigenvalue weighted by molar-refractivity contribution is -0.122. The third kappa shape index (κ3) is 4.41. The summed E-state index contributed by atoms with van der Waals surface area (Å²) >= 11 is 6.22. The van der Waals surface area contributed by atoms with Crippen molar-refractivity contribution in [2.24, 2.45) is 0 Å². The number of hydrogen-bond acceptors (Lipinski definition) is 5. The molecule has 8 heteroatoms. The molecule has 0 radical (unpaired) electrons. The standard InChI is InChI=1S/C21H18ClN3O4/c22-16-10-14(11-18-21(16)29-9-8-28-18)12-23-19(26)13-25-20(27)7-6-17(24-25)15-4-2-1-3-5-15/h1-7,10-11H,8-9,12-13H2,(H,23,26). The van der Waals surface area contributed by atoms with Gasteiger partial charge in [0, 0.05) is 18.2 Å². The lowest BCUT2D eigenvalue weighted by Crippen LogP contribution is -2.33. The summed E-state index contributed by atoms with van der Waals surface area (Å²) in [4.78, 5) is 24.4. The van der Waals surface area contributed by atoms with E-state index in [1.807, 2.05) is 30.3 Å². The molecule has 2 heterocycles. The number of carbonyl (C=O) groups excluding carboxylic acids is 1. The number of halogens is 1. The van der Waals surface area contributed by atoms with Gasteiger partial charge in [0.2, 0.25) is 5.91 Å². The van der Waals surface area contributed by atoms with Crippen LogP contribution in [0.2, 0.25) is 5.02 Å². The minimum atomic E-state index is -0.345. The highest BCUT2D eigenvalue weighted by Crippen LogP contribution is 2.38. The fourth-order valence-electron chi connectivity index (χ4n) is 2.98. The maximum atomic E-state index is 12.4. The highest BCUT2D eigenvalue weighted by atomic mass is 35.5. The minimum absolute atomic E-state index is 0.183. The van der Waals surface area contributed by atoms with Gasteiger partial charge < -0.3 is 14.8 Å². The Balaban J connectivity index is 1.44. The van der Waals surface area contributed by atoms with Gasteiger partial charge in [0.1, 0.15) is 19.8 Å². The van der Waals surface area contributed by atoms with Crippen LogP contribution in [-0.4, -0.2) is 28.9 Å². The molecule has 0 fully saturated rings. The molecule has 0 spiro atoms. The van der Waals surface area contributed by atoms with E-state index in [0.29, 0.717) is 35.4 Å². The number of amides is 1. The molecule has 2 aromatic carbocycles. The molecular formula is C21H18ClN3O4. The van der Waals surface area contributed by atoms with Crippen molar-refractivity contribution in [2.45, 2.75) is 13.1 Å². The molecule has 0 saturated heterocycles. The number of nitrogens with zero attached hydrogens (tertiary/aromatic N) is 2. The monoisotopic (exact) mass is 411 g/mol. The molecule has 0 unspecified atom stereocenters. The van der Waals surface area contributed by atoms with Gasteiger partial charge in [0.25, 0.3) is 5.56 Å². The SMILES string of the molecule is O=C(Cn1nc(-c2ccccc2)ccc1=O)NCc1cc(Cl)c2c(c1)OCCO2. The molecule has 1 aliphatic heterocycles. The first kappa shape index (κ1) is 19.0. The highest BCUT2D eigenvalue weighted by Gasteiger charge is 2.17. The fourth-order valence-corrected chi connectivity index (χ4v) is 3.27. The van der Waals surface area contributed by atoms with Gasteiger partial charge in [-0.15, -0.1) is 0 Å². The molecule has 0 aliphatic carbocycles. The smallest absolute Gasteiger partial charge is 0.267 e. The Kier molecular flexibility index (Phi) is 5.48. The Morgan fingerprint density at radius 1 is 1.10 bits per heavy atom. The molecule has 1 N–H and O–H groups in total.